The van der Waals surface area contributed by atoms with Crippen LogP contribution in [0.5, 0.6) is 5.75 Å². The van der Waals surface area contributed by atoms with E-state index in [4.69, 9.17) is 10.1 Å². The van der Waals surface area contributed by atoms with Gasteiger partial charge in [0.1, 0.15) is 30.3 Å². The molecule has 4 aromatic rings. The summed E-state index contributed by atoms with van der Waals surface area (Å²) in [6.07, 6.45) is 6.79. The topological polar surface area (TPSA) is 118 Å². The lowest BCUT2D eigenvalue weighted by Gasteiger charge is -2.12. The third kappa shape index (κ3) is 5.91. The Morgan fingerprint density at radius 1 is 1.24 bits per heavy atom. The van der Waals surface area contributed by atoms with Crippen molar-refractivity contribution in [2.45, 2.75) is 19.9 Å². The van der Waals surface area contributed by atoms with Gasteiger partial charge in [-0.15, -0.1) is 0 Å². The first kappa shape index (κ1) is 22.8. The van der Waals surface area contributed by atoms with E-state index < -0.39 is 5.82 Å². The number of benzene rings is 2. The number of nitrogens with one attached hydrogen (secondary N) is 3. The van der Waals surface area contributed by atoms with Crippen molar-refractivity contribution >= 4 is 40.2 Å². The molecule has 0 aliphatic carbocycles. The third-order valence-corrected chi connectivity index (χ3v) is 4.97. The first-order chi connectivity index (χ1) is 16.5. The molecule has 4 rings (SSSR count). The number of hydrogen-bond donors (Lipinski definition) is 3. The standard InChI is InChI=1S/C24H24FN7O2/c1-16(7-8-26)14-34-20-5-6-21-22(10-20)27-15-28-24(21)31-19-11-29-32(12-19)13-23(33)30-18-4-2-3-17(25)9-18/h2-6,8-12,15-16,26H,7,13-14H2,1H3,(H,30,33)(H,27,28,31). The number of fused-ring (bicyclic) bond motifs is 1. The van der Waals surface area contributed by atoms with E-state index in [-0.39, 0.29) is 18.4 Å². The number of ether oxygens (including phenoxy) is 1. The van der Waals surface area contributed by atoms with E-state index in [0.29, 0.717) is 36.0 Å². The van der Waals surface area contributed by atoms with Crippen LogP contribution < -0.4 is 15.4 Å². The van der Waals surface area contributed by atoms with Crippen LogP contribution in [0.15, 0.2) is 61.2 Å². The first-order valence-electron chi connectivity index (χ1n) is 10.7. The molecule has 2 heterocycles. The molecule has 0 aliphatic heterocycles. The Morgan fingerprint density at radius 3 is 2.94 bits per heavy atom. The van der Waals surface area contributed by atoms with Crippen molar-refractivity contribution in [3.63, 3.8) is 0 Å². The Hall–Kier alpha value is -4.34. The van der Waals surface area contributed by atoms with Gasteiger partial charge in [-0.25, -0.2) is 14.4 Å². The van der Waals surface area contributed by atoms with Gasteiger partial charge in [0.2, 0.25) is 5.91 Å². The molecule has 1 atom stereocenters. The summed E-state index contributed by atoms with van der Waals surface area (Å²) in [5, 5.41) is 18.0. The molecular weight excluding hydrogens is 437 g/mol. The van der Waals surface area contributed by atoms with E-state index in [1.807, 2.05) is 25.1 Å². The van der Waals surface area contributed by atoms with E-state index in [1.54, 1.807) is 18.5 Å². The van der Waals surface area contributed by atoms with Gasteiger partial charge in [0.25, 0.3) is 0 Å². The van der Waals surface area contributed by atoms with Gasteiger partial charge in [0.05, 0.1) is 24.0 Å². The van der Waals surface area contributed by atoms with Crippen LogP contribution >= 0.6 is 0 Å². The van der Waals surface area contributed by atoms with Crippen LogP contribution in [0.4, 0.5) is 21.6 Å². The molecule has 2 aromatic carbocycles. The Morgan fingerprint density at radius 2 is 2.12 bits per heavy atom. The second-order valence-corrected chi connectivity index (χ2v) is 7.87. The molecule has 0 spiro atoms. The predicted octanol–water partition coefficient (Wildman–Crippen LogP) is 4.40. The van der Waals surface area contributed by atoms with Crippen LogP contribution in [0.2, 0.25) is 0 Å². The van der Waals surface area contributed by atoms with Crippen molar-refractivity contribution in [1.29, 1.82) is 5.41 Å². The number of nitrogens with zero attached hydrogens (tertiary/aromatic N) is 4. The monoisotopic (exact) mass is 461 g/mol. The summed E-state index contributed by atoms with van der Waals surface area (Å²) in [5.74, 6) is 0.804. The lowest BCUT2D eigenvalue weighted by Crippen LogP contribution is -2.19. The molecule has 9 nitrogen and oxygen atoms in total. The van der Waals surface area contributed by atoms with E-state index in [9.17, 15) is 9.18 Å². The molecule has 0 radical (unpaired) electrons. The van der Waals surface area contributed by atoms with Crippen LogP contribution in [0, 0.1) is 17.1 Å². The highest BCUT2D eigenvalue weighted by atomic mass is 19.1. The number of carbonyl (C=O) groups is 1. The van der Waals surface area contributed by atoms with Gasteiger partial charge >= 0.3 is 0 Å². The highest BCUT2D eigenvalue weighted by Gasteiger charge is 2.10. The van der Waals surface area contributed by atoms with E-state index in [1.165, 1.54) is 35.4 Å². The summed E-state index contributed by atoms with van der Waals surface area (Å²) in [7, 11) is 0. The zero-order chi connectivity index (χ0) is 23.9. The Kier molecular flexibility index (Phi) is 7.07. The largest absolute Gasteiger partial charge is 0.493 e. The van der Waals surface area contributed by atoms with Gasteiger partial charge < -0.3 is 20.8 Å². The number of hydrogen-bond acceptors (Lipinski definition) is 7. The molecule has 2 aromatic heterocycles. The highest BCUT2D eigenvalue weighted by Crippen LogP contribution is 2.26. The van der Waals surface area contributed by atoms with Crippen LogP contribution in [-0.4, -0.2) is 38.5 Å². The summed E-state index contributed by atoms with van der Waals surface area (Å²) in [6.45, 7) is 2.52. The van der Waals surface area contributed by atoms with Gasteiger partial charge in [-0.1, -0.05) is 13.0 Å². The number of amides is 1. The third-order valence-electron chi connectivity index (χ3n) is 4.97. The Labute approximate surface area is 195 Å². The summed E-state index contributed by atoms with van der Waals surface area (Å²) < 4.78 is 20.6. The number of carbonyl (C=O) groups excluding carboxylic acids is 1. The van der Waals surface area contributed by atoms with Crippen molar-refractivity contribution in [1.82, 2.24) is 19.7 Å². The summed E-state index contributed by atoms with van der Waals surface area (Å²) in [5.41, 5.74) is 1.76. The number of anilines is 3. The van der Waals surface area contributed by atoms with Gasteiger partial charge in [-0.2, -0.15) is 5.10 Å². The van der Waals surface area contributed by atoms with Crippen LogP contribution in [0.3, 0.4) is 0 Å². The normalized spacial score (nSPS) is 11.7. The number of halogens is 1. The minimum absolute atomic E-state index is 0.0280. The van der Waals surface area contributed by atoms with Crippen molar-refractivity contribution < 1.29 is 13.9 Å². The van der Waals surface area contributed by atoms with E-state index >= 15 is 0 Å². The van der Waals surface area contributed by atoms with Gasteiger partial charge in [-0.05, 0) is 48.9 Å². The maximum absolute atomic E-state index is 13.3. The lowest BCUT2D eigenvalue weighted by molar-refractivity contribution is -0.116. The van der Waals surface area contributed by atoms with Crippen molar-refractivity contribution in [3.8, 4) is 5.75 Å². The van der Waals surface area contributed by atoms with Crippen molar-refractivity contribution in [2.24, 2.45) is 5.92 Å². The molecule has 0 saturated carbocycles. The summed E-state index contributed by atoms with van der Waals surface area (Å²) in [6, 6.07) is 11.3. The molecule has 0 fully saturated rings. The maximum atomic E-state index is 13.3. The molecule has 0 aliphatic rings. The molecule has 1 amide bonds. The predicted molar refractivity (Wildman–Crippen MR) is 128 cm³/mol. The molecule has 0 saturated heterocycles. The SMILES string of the molecule is CC(CC=N)COc1ccc2c(Nc3cnn(CC(=O)Nc4cccc(F)c4)c3)ncnc2c1. The zero-order valence-corrected chi connectivity index (χ0v) is 18.5. The zero-order valence-electron chi connectivity index (χ0n) is 18.5. The van der Waals surface area contributed by atoms with Crippen molar-refractivity contribution in [3.05, 3.63) is 67.0 Å². The fraction of sp³-hybridized carbons (Fsp3) is 0.208. The Balaban J connectivity index is 1.40. The molecule has 34 heavy (non-hydrogen) atoms. The molecular formula is C24H24FN7O2. The highest BCUT2D eigenvalue weighted by molar-refractivity contribution is 5.92. The average molecular weight is 462 g/mol. The van der Waals surface area contributed by atoms with Crippen molar-refractivity contribution in [2.75, 3.05) is 17.2 Å². The van der Waals surface area contributed by atoms with Crippen LogP contribution in [0.1, 0.15) is 13.3 Å². The second kappa shape index (κ2) is 10.5. The van der Waals surface area contributed by atoms with Crippen LogP contribution in [0.25, 0.3) is 10.9 Å². The van der Waals surface area contributed by atoms with E-state index in [2.05, 4.69) is 25.7 Å². The molecule has 174 valence electrons. The van der Waals surface area contributed by atoms with Gasteiger partial charge in [0, 0.05) is 23.3 Å². The second-order valence-electron chi connectivity index (χ2n) is 7.87. The molecule has 0 bridgehead atoms. The lowest BCUT2D eigenvalue weighted by atomic mass is 10.1. The van der Waals surface area contributed by atoms with Crippen LogP contribution in [-0.2, 0) is 11.3 Å². The molecule has 10 heteroatoms. The fourth-order valence-electron chi connectivity index (χ4n) is 3.30. The van der Waals surface area contributed by atoms with E-state index in [0.717, 1.165) is 10.9 Å². The fourth-order valence-corrected chi connectivity index (χ4v) is 3.30. The summed E-state index contributed by atoms with van der Waals surface area (Å²) >= 11 is 0. The minimum atomic E-state index is -0.420. The van der Waals surface area contributed by atoms with Gasteiger partial charge in [0.15, 0.2) is 0 Å². The maximum Gasteiger partial charge on any atom is 0.246 e. The molecule has 1 unspecified atom stereocenters. The number of rotatable bonds is 10. The smallest absolute Gasteiger partial charge is 0.246 e. The number of aromatic nitrogens is 4. The quantitative estimate of drug-likeness (QED) is 0.301. The molecule has 3 N–H and O–H groups in total. The summed E-state index contributed by atoms with van der Waals surface area (Å²) in [4.78, 5) is 20.9. The minimum Gasteiger partial charge on any atom is -0.493 e. The Bertz CT molecular complexity index is 1310. The first-order valence-corrected chi connectivity index (χ1v) is 10.7. The average Bonchev–Trinajstić information content (AvgIpc) is 3.24. The van der Waals surface area contributed by atoms with Gasteiger partial charge in [-0.3, -0.25) is 9.48 Å².